The Balaban J connectivity index is 2.03. The van der Waals surface area contributed by atoms with Gasteiger partial charge >= 0.3 is 12.4 Å². The Hall–Kier alpha value is -2.46. The Morgan fingerprint density at radius 1 is 0.867 bits per heavy atom. The van der Waals surface area contributed by atoms with E-state index in [4.69, 9.17) is 23.2 Å². The highest BCUT2D eigenvalue weighted by Gasteiger charge is 2.43. The van der Waals surface area contributed by atoms with E-state index in [2.05, 4.69) is 5.32 Å². The van der Waals surface area contributed by atoms with Crippen molar-refractivity contribution in [2.24, 2.45) is 0 Å². The van der Waals surface area contributed by atoms with Gasteiger partial charge in [-0.1, -0.05) is 35.3 Å². The summed E-state index contributed by atoms with van der Waals surface area (Å²) in [6.45, 7) is -0.0655. The van der Waals surface area contributed by atoms with Gasteiger partial charge in [-0.2, -0.15) is 26.3 Å². The molecule has 0 aliphatic rings. The molecule has 0 spiro atoms. The average molecular weight is 473 g/mol. The molecule has 0 saturated carbocycles. The Bertz CT molecular complexity index is 961. The number of rotatable bonds is 5. The van der Waals surface area contributed by atoms with Crippen molar-refractivity contribution in [1.29, 1.82) is 0 Å². The molecule has 0 aromatic heterocycles. The molecule has 0 atom stereocenters. The highest BCUT2D eigenvalue weighted by atomic mass is 35.5. The second-order valence-electron chi connectivity index (χ2n) is 5.97. The molecular weight excluding hydrogens is 461 g/mol. The van der Waals surface area contributed by atoms with Crippen molar-refractivity contribution in [1.82, 2.24) is 5.32 Å². The number of carbonyl (C=O) groups excluding carboxylic acids is 2. The van der Waals surface area contributed by atoms with E-state index in [0.717, 1.165) is 0 Å². The molecule has 2 aromatic rings. The van der Waals surface area contributed by atoms with E-state index in [-0.39, 0.29) is 28.7 Å². The third-order valence-corrected chi connectivity index (χ3v) is 4.60. The molecule has 162 valence electrons. The SMILES string of the molecule is O=C(CC(=O)Nc1ccc(C(F)(F)F)c(C(F)(F)F)c1)NCc1cccc(Cl)c1Cl. The first-order valence-corrected chi connectivity index (χ1v) is 8.82. The van der Waals surface area contributed by atoms with Gasteiger partial charge in [0.25, 0.3) is 0 Å². The number of benzene rings is 2. The highest BCUT2D eigenvalue weighted by Crippen LogP contribution is 2.41. The number of halogens is 8. The van der Waals surface area contributed by atoms with Crippen molar-refractivity contribution in [3.63, 3.8) is 0 Å². The first-order valence-electron chi connectivity index (χ1n) is 8.07. The zero-order valence-electron chi connectivity index (χ0n) is 14.7. The van der Waals surface area contributed by atoms with Crippen LogP contribution in [0.2, 0.25) is 10.0 Å². The van der Waals surface area contributed by atoms with Gasteiger partial charge in [0, 0.05) is 12.2 Å². The van der Waals surface area contributed by atoms with Gasteiger partial charge in [-0.25, -0.2) is 0 Å². The molecule has 0 radical (unpaired) electrons. The maximum absolute atomic E-state index is 12.9. The van der Waals surface area contributed by atoms with E-state index >= 15 is 0 Å². The van der Waals surface area contributed by atoms with Crippen molar-refractivity contribution in [3.8, 4) is 0 Å². The van der Waals surface area contributed by atoms with Crippen LogP contribution in [-0.2, 0) is 28.5 Å². The van der Waals surface area contributed by atoms with Crippen LogP contribution in [0.25, 0.3) is 0 Å². The fourth-order valence-corrected chi connectivity index (χ4v) is 2.78. The number of hydrogen-bond acceptors (Lipinski definition) is 2. The Morgan fingerprint density at radius 2 is 1.50 bits per heavy atom. The van der Waals surface area contributed by atoms with Crippen LogP contribution >= 0.6 is 23.2 Å². The van der Waals surface area contributed by atoms with Crippen LogP contribution in [0.15, 0.2) is 36.4 Å². The maximum Gasteiger partial charge on any atom is 0.417 e. The Morgan fingerprint density at radius 3 is 2.10 bits per heavy atom. The van der Waals surface area contributed by atoms with E-state index in [1.807, 2.05) is 5.32 Å². The molecule has 30 heavy (non-hydrogen) atoms. The van der Waals surface area contributed by atoms with Gasteiger partial charge in [0.1, 0.15) is 6.42 Å². The lowest BCUT2D eigenvalue weighted by molar-refractivity contribution is -0.162. The van der Waals surface area contributed by atoms with Crippen LogP contribution in [0.1, 0.15) is 23.1 Å². The second kappa shape index (κ2) is 9.13. The summed E-state index contributed by atoms with van der Waals surface area (Å²) in [5.74, 6) is -1.80. The molecule has 2 amide bonds. The standard InChI is InChI=1S/C18H12Cl2F6N2O2/c19-13-3-1-2-9(16(13)20)8-27-14(29)7-15(30)28-10-4-5-11(17(21,22)23)12(6-10)18(24,25)26/h1-6H,7-8H2,(H,27,29)(H,28,30). The van der Waals surface area contributed by atoms with Gasteiger partial charge in [-0.3, -0.25) is 9.59 Å². The Labute approximate surface area is 176 Å². The molecule has 0 heterocycles. The van der Waals surface area contributed by atoms with E-state index in [1.54, 1.807) is 12.1 Å². The van der Waals surface area contributed by atoms with Crippen LogP contribution in [0.4, 0.5) is 32.0 Å². The van der Waals surface area contributed by atoms with Crippen LogP contribution in [0.3, 0.4) is 0 Å². The van der Waals surface area contributed by atoms with Crippen molar-refractivity contribution >= 4 is 40.7 Å². The lowest BCUT2D eigenvalue weighted by Gasteiger charge is -2.17. The predicted octanol–water partition coefficient (Wildman–Crippen LogP) is 5.68. The third-order valence-electron chi connectivity index (χ3n) is 3.74. The lowest BCUT2D eigenvalue weighted by Crippen LogP contribution is -2.28. The van der Waals surface area contributed by atoms with Crippen LogP contribution in [0.5, 0.6) is 0 Å². The van der Waals surface area contributed by atoms with Crippen LogP contribution < -0.4 is 10.6 Å². The molecule has 12 heteroatoms. The molecule has 0 unspecified atom stereocenters. The molecule has 4 nitrogen and oxygen atoms in total. The monoisotopic (exact) mass is 472 g/mol. The summed E-state index contributed by atoms with van der Waals surface area (Å²) < 4.78 is 77.1. The van der Waals surface area contributed by atoms with Gasteiger partial charge in [-0.15, -0.1) is 0 Å². The number of carbonyl (C=O) groups is 2. The summed E-state index contributed by atoms with van der Waals surface area (Å²) in [7, 11) is 0. The number of amides is 2. The summed E-state index contributed by atoms with van der Waals surface area (Å²) >= 11 is 11.8. The first kappa shape index (κ1) is 23.8. The molecule has 0 bridgehead atoms. The minimum atomic E-state index is -5.29. The maximum atomic E-state index is 12.9. The molecule has 2 N–H and O–H groups in total. The van der Waals surface area contributed by atoms with E-state index in [9.17, 15) is 35.9 Å². The van der Waals surface area contributed by atoms with Crippen LogP contribution in [-0.4, -0.2) is 11.8 Å². The number of nitrogens with one attached hydrogen (secondary N) is 2. The molecule has 2 aromatic carbocycles. The molecule has 2 rings (SSSR count). The van der Waals surface area contributed by atoms with Gasteiger partial charge in [0.05, 0.1) is 21.2 Å². The zero-order valence-corrected chi connectivity index (χ0v) is 16.2. The van der Waals surface area contributed by atoms with E-state index in [0.29, 0.717) is 11.6 Å². The highest BCUT2D eigenvalue weighted by molar-refractivity contribution is 6.42. The molecule has 0 aliphatic carbocycles. The average Bonchev–Trinajstić information content (AvgIpc) is 2.61. The second-order valence-corrected chi connectivity index (χ2v) is 6.76. The summed E-state index contributed by atoms with van der Waals surface area (Å²) in [6, 6.07) is 5.73. The third kappa shape index (κ3) is 6.27. The fourth-order valence-electron chi connectivity index (χ4n) is 2.40. The summed E-state index contributed by atoms with van der Waals surface area (Å²) in [5.41, 5.74) is -3.90. The van der Waals surface area contributed by atoms with Gasteiger partial charge in [0.15, 0.2) is 0 Å². The fraction of sp³-hybridized carbons (Fsp3) is 0.222. The van der Waals surface area contributed by atoms with Crippen molar-refractivity contribution in [2.75, 3.05) is 5.32 Å². The molecule has 0 fully saturated rings. The predicted molar refractivity (Wildman–Crippen MR) is 98.0 cm³/mol. The van der Waals surface area contributed by atoms with Gasteiger partial charge < -0.3 is 10.6 Å². The number of hydrogen-bond donors (Lipinski definition) is 2. The van der Waals surface area contributed by atoms with E-state index in [1.165, 1.54) is 6.07 Å². The summed E-state index contributed by atoms with van der Waals surface area (Å²) in [5, 5.41) is 4.80. The minimum Gasteiger partial charge on any atom is -0.352 e. The topological polar surface area (TPSA) is 58.2 Å². The van der Waals surface area contributed by atoms with Crippen molar-refractivity contribution in [3.05, 3.63) is 63.1 Å². The quantitative estimate of drug-likeness (QED) is 0.434. The molecule has 0 aliphatic heterocycles. The van der Waals surface area contributed by atoms with Crippen molar-refractivity contribution < 1.29 is 35.9 Å². The van der Waals surface area contributed by atoms with Gasteiger partial charge in [0.2, 0.25) is 11.8 Å². The lowest BCUT2D eigenvalue weighted by atomic mass is 10.1. The summed E-state index contributed by atoms with van der Waals surface area (Å²) in [6.07, 6.45) is -11.3. The molecule has 0 saturated heterocycles. The number of alkyl halides is 6. The normalized spacial score (nSPS) is 11.9. The summed E-state index contributed by atoms with van der Waals surface area (Å²) in [4.78, 5) is 23.7. The first-order chi connectivity index (χ1) is 13.8. The van der Waals surface area contributed by atoms with Crippen molar-refractivity contribution in [2.45, 2.75) is 25.3 Å². The van der Waals surface area contributed by atoms with Gasteiger partial charge in [-0.05, 0) is 29.8 Å². The zero-order chi connectivity index (χ0) is 22.7. The smallest absolute Gasteiger partial charge is 0.352 e. The largest absolute Gasteiger partial charge is 0.417 e. The minimum absolute atomic E-state index is 0.0655. The Kier molecular flexibility index (Phi) is 7.25. The number of anilines is 1. The van der Waals surface area contributed by atoms with Crippen LogP contribution in [0, 0.1) is 0 Å². The van der Waals surface area contributed by atoms with E-state index < -0.39 is 47.4 Å². The molecular formula is C18H12Cl2F6N2O2.